The van der Waals surface area contributed by atoms with Gasteiger partial charge in [-0.25, -0.2) is 4.39 Å². The molecule has 1 aliphatic rings. The smallest absolute Gasteiger partial charge is 0.393 e. The molecular formula is C22H20F4N4O. The molecule has 0 atom stereocenters. The molecule has 0 bridgehead atoms. The molecule has 0 saturated heterocycles. The molecule has 0 radical (unpaired) electrons. The van der Waals surface area contributed by atoms with Crippen LogP contribution in [0.5, 0.6) is 0 Å². The van der Waals surface area contributed by atoms with Crippen molar-refractivity contribution in [1.29, 1.82) is 0 Å². The molecule has 1 amide bonds. The van der Waals surface area contributed by atoms with Crippen LogP contribution >= 0.6 is 0 Å². The van der Waals surface area contributed by atoms with E-state index in [2.05, 4.69) is 15.3 Å². The van der Waals surface area contributed by atoms with E-state index in [0.29, 0.717) is 16.8 Å². The summed E-state index contributed by atoms with van der Waals surface area (Å²) in [5.74, 6) is -1.15. The zero-order valence-electron chi connectivity index (χ0n) is 16.4. The van der Waals surface area contributed by atoms with Gasteiger partial charge in [-0.05, 0) is 36.6 Å². The normalized spacial score (nSPS) is 15.0. The fourth-order valence-corrected chi connectivity index (χ4v) is 2.77. The molecule has 3 rings (SSSR count). The van der Waals surface area contributed by atoms with Gasteiger partial charge in [0, 0.05) is 47.1 Å². The number of carbonyl (C=O) groups is 1. The van der Waals surface area contributed by atoms with Gasteiger partial charge in [0.1, 0.15) is 5.82 Å². The highest BCUT2D eigenvalue weighted by Gasteiger charge is 2.27. The molecule has 1 heterocycles. The number of nitrogens with zero attached hydrogens (tertiary/aromatic N) is 2. The van der Waals surface area contributed by atoms with Crippen molar-refractivity contribution in [1.82, 2.24) is 4.98 Å². The van der Waals surface area contributed by atoms with Crippen molar-refractivity contribution >= 4 is 29.5 Å². The van der Waals surface area contributed by atoms with E-state index < -0.39 is 24.3 Å². The molecular weight excluding hydrogens is 412 g/mol. The third kappa shape index (κ3) is 6.77. The first-order valence-electron chi connectivity index (χ1n) is 9.49. The topological polar surface area (TPSA) is 80.4 Å². The minimum atomic E-state index is -4.30. The summed E-state index contributed by atoms with van der Waals surface area (Å²) < 4.78 is 51.7. The highest BCUT2D eigenvalue weighted by molar-refractivity contribution is 6.11. The molecule has 1 aromatic carbocycles. The molecule has 31 heavy (non-hydrogen) atoms. The number of carbonyl (C=O) groups excluding carboxylic acids is 1. The molecule has 162 valence electrons. The van der Waals surface area contributed by atoms with E-state index in [1.165, 1.54) is 55.0 Å². The molecule has 9 heteroatoms. The van der Waals surface area contributed by atoms with Gasteiger partial charge in [-0.2, -0.15) is 13.2 Å². The van der Waals surface area contributed by atoms with E-state index in [1.807, 2.05) is 0 Å². The number of anilines is 1. The molecule has 2 aromatic rings. The lowest BCUT2D eigenvalue weighted by atomic mass is 10.0. The lowest BCUT2D eigenvalue weighted by Gasteiger charge is -2.08. The zero-order valence-corrected chi connectivity index (χ0v) is 16.4. The minimum Gasteiger partial charge on any atom is -0.404 e. The molecule has 1 fully saturated rings. The van der Waals surface area contributed by atoms with Gasteiger partial charge in [-0.15, -0.1) is 0 Å². The fraction of sp³-hybridized carbons (Fsp3) is 0.227. The Hall–Kier alpha value is -3.49. The Bertz CT molecular complexity index is 1020. The number of nitrogens with one attached hydrogen (secondary N) is 1. The second-order valence-electron chi connectivity index (χ2n) is 7.03. The summed E-state index contributed by atoms with van der Waals surface area (Å²) in [6.45, 7) is 0. The van der Waals surface area contributed by atoms with Gasteiger partial charge in [-0.1, -0.05) is 12.1 Å². The number of allylic oxidation sites excluding steroid dienone is 1. The van der Waals surface area contributed by atoms with Gasteiger partial charge in [0.15, 0.2) is 0 Å². The predicted molar refractivity (Wildman–Crippen MR) is 112 cm³/mol. The molecule has 1 aromatic heterocycles. The summed E-state index contributed by atoms with van der Waals surface area (Å²) in [7, 11) is 0. The highest BCUT2D eigenvalue weighted by atomic mass is 19.4. The van der Waals surface area contributed by atoms with E-state index in [9.17, 15) is 22.4 Å². The van der Waals surface area contributed by atoms with Crippen LogP contribution in [0.25, 0.3) is 11.6 Å². The SMILES string of the molecule is NC=C(C=NC1CC1)c1c(F)cncc1/C=C/C(=O)Nc1ccc(CC(F)(F)F)cc1. The predicted octanol–water partition coefficient (Wildman–Crippen LogP) is 4.51. The summed E-state index contributed by atoms with van der Waals surface area (Å²) in [4.78, 5) is 20.3. The van der Waals surface area contributed by atoms with E-state index >= 15 is 0 Å². The van der Waals surface area contributed by atoms with Gasteiger partial charge in [-0.3, -0.25) is 14.8 Å². The van der Waals surface area contributed by atoms with Crippen molar-refractivity contribution in [3.63, 3.8) is 0 Å². The average Bonchev–Trinajstić information content (AvgIpc) is 3.53. The monoisotopic (exact) mass is 432 g/mol. The largest absolute Gasteiger partial charge is 0.404 e. The standard InChI is InChI=1S/C22H20F4N4O/c23-19-13-28-11-15(21(19)16(10-27)12-29-17-6-7-17)3-8-20(31)30-18-4-1-14(2-5-18)9-22(24,25)26/h1-5,8,10-13,17H,6-7,9,27H2,(H,30,31)/b8-3+,16-10?,29-12?. The number of halogens is 4. The van der Waals surface area contributed by atoms with Gasteiger partial charge in [0.05, 0.1) is 18.7 Å². The van der Waals surface area contributed by atoms with Crippen LogP contribution in [-0.2, 0) is 11.2 Å². The summed E-state index contributed by atoms with van der Waals surface area (Å²) in [5.41, 5.74) is 6.93. The second kappa shape index (κ2) is 9.55. The van der Waals surface area contributed by atoms with Gasteiger partial charge >= 0.3 is 6.18 Å². The summed E-state index contributed by atoms with van der Waals surface area (Å²) in [5, 5.41) is 2.54. The number of alkyl halides is 3. The number of hydrogen-bond donors (Lipinski definition) is 2. The lowest BCUT2D eigenvalue weighted by molar-refractivity contribution is -0.127. The number of rotatable bonds is 7. The number of aromatic nitrogens is 1. The first-order valence-corrected chi connectivity index (χ1v) is 9.49. The van der Waals surface area contributed by atoms with E-state index in [-0.39, 0.29) is 17.2 Å². The summed E-state index contributed by atoms with van der Waals surface area (Å²) >= 11 is 0. The quantitative estimate of drug-likeness (QED) is 0.384. The van der Waals surface area contributed by atoms with Crippen molar-refractivity contribution in [2.75, 3.05) is 5.32 Å². The number of nitrogens with two attached hydrogens (primary N) is 1. The van der Waals surface area contributed by atoms with Crippen molar-refractivity contribution in [2.45, 2.75) is 31.5 Å². The van der Waals surface area contributed by atoms with Gasteiger partial charge in [0.2, 0.25) is 5.91 Å². The van der Waals surface area contributed by atoms with Gasteiger partial charge < -0.3 is 11.1 Å². The van der Waals surface area contributed by atoms with Crippen LogP contribution < -0.4 is 11.1 Å². The Morgan fingerprint density at radius 1 is 1.23 bits per heavy atom. The number of benzene rings is 1. The third-order valence-corrected chi connectivity index (χ3v) is 4.41. The Morgan fingerprint density at radius 2 is 1.94 bits per heavy atom. The van der Waals surface area contributed by atoms with Crippen molar-refractivity contribution < 1.29 is 22.4 Å². The minimum absolute atomic E-state index is 0.0884. The first-order chi connectivity index (χ1) is 14.7. The zero-order chi connectivity index (χ0) is 22.4. The molecule has 3 N–H and O–H groups in total. The molecule has 0 unspecified atom stereocenters. The van der Waals surface area contributed by atoms with Crippen LogP contribution in [0.3, 0.4) is 0 Å². The number of hydrogen-bond acceptors (Lipinski definition) is 4. The lowest BCUT2D eigenvalue weighted by Crippen LogP contribution is -2.12. The average molecular weight is 432 g/mol. The number of aliphatic imine (C=N–C) groups is 1. The van der Waals surface area contributed by atoms with Crippen molar-refractivity contribution in [3.05, 3.63) is 71.4 Å². The number of amides is 1. The van der Waals surface area contributed by atoms with Gasteiger partial charge in [0.25, 0.3) is 0 Å². The summed E-state index contributed by atoms with van der Waals surface area (Å²) in [6.07, 6.45) is 4.37. The molecule has 5 nitrogen and oxygen atoms in total. The second-order valence-corrected chi connectivity index (χ2v) is 7.03. The van der Waals surface area contributed by atoms with Crippen LogP contribution in [0, 0.1) is 5.82 Å². The van der Waals surface area contributed by atoms with Crippen LogP contribution in [0.15, 0.2) is 53.9 Å². The van der Waals surface area contributed by atoms with E-state index in [4.69, 9.17) is 5.73 Å². The third-order valence-electron chi connectivity index (χ3n) is 4.41. The van der Waals surface area contributed by atoms with Crippen molar-refractivity contribution in [3.8, 4) is 0 Å². The Balaban J connectivity index is 1.71. The highest BCUT2D eigenvalue weighted by Crippen LogP contribution is 2.26. The van der Waals surface area contributed by atoms with Crippen molar-refractivity contribution in [2.24, 2.45) is 10.7 Å². The molecule has 1 saturated carbocycles. The maximum atomic E-state index is 14.4. The van der Waals surface area contributed by atoms with Crippen LogP contribution in [0.1, 0.15) is 29.5 Å². The van der Waals surface area contributed by atoms with E-state index in [0.717, 1.165) is 19.0 Å². The summed E-state index contributed by atoms with van der Waals surface area (Å²) in [6, 6.07) is 5.57. The Morgan fingerprint density at radius 3 is 2.55 bits per heavy atom. The molecule has 0 aliphatic heterocycles. The maximum absolute atomic E-state index is 14.4. The maximum Gasteiger partial charge on any atom is 0.393 e. The molecule has 0 spiro atoms. The first kappa shape index (κ1) is 22.2. The van der Waals surface area contributed by atoms with Crippen LogP contribution in [-0.4, -0.2) is 29.3 Å². The van der Waals surface area contributed by atoms with Crippen LogP contribution in [0.2, 0.25) is 0 Å². The Labute approximate surface area is 176 Å². The van der Waals surface area contributed by atoms with E-state index in [1.54, 1.807) is 0 Å². The molecule has 1 aliphatic carbocycles. The number of pyridine rings is 1. The van der Waals surface area contributed by atoms with Crippen LogP contribution in [0.4, 0.5) is 23.2 Å². The fourth-order valence-electron chi connectivity index (χ4n) is 2.77. The Kier molecular flexibility index (Phi) is 6.84.